The molecule has 3 amide bonds. The van der Waals surface area contributed by atoms with Crippen LogP contribution in [0.5, 0.6) is 0 Å². The van der Waals surface area contributed by atoms with E-state index in [1.807, 2.05) is 19.9 Å². The van der Waals surface area contributed by atoms with Crippen LogP contribution in [0.4, 0.5) is 4.39 Å². The van der Waals surface area contributed by atoms with Crippen molar-refractivity contribution in [2.24, 2.45) is 11.7 Å². The molecule has 2 aromatic carbocycles. The molecule has 4 rings (SSSR count). The number of Topliss-reactive ketones (excluding diaryl/α,β-unsaturated/α-hetero) is 1. The zero-order chi connectivity index (χ0) is 26.7. The van der Waals surface area contributed by atoms with Crippen molar-refractivity contribution in [1.29, 1.82) is 0 Å². The summed E-state index contributed by atoms with van der Waals surface area (Å²) in [5.74, 6) is -1.63. The smallest absolute Gasteiger partial charge is 0.251 e. The van der Waals surface area contributed by atoms with Gasteiger partial charge in [0.2, 0.25) is 11.8 Å². The zero-order valence-corrected chi connectivity index (χ0v) is 21.2. The number of nitrogens with two attached hydrogens (primary N) is 1. The van der Waals surface area contributed by atoms with Gasteiger partial charge in [-0.25, -0.2) is 4.39 Å². The van der Waals surface area contributed by atoms with Crippen molar-refractivity contribution in [2.75, 3.05) is 13.1 Å². The maximum absolute atomic E-state index is 14.1. The number of ketones is 1. The molecule has 9 heteroatoms. The molecule has 0 saturated carbocycles. The Morgan fingerprint density at radius 3 is 2.57 bits per heavy atom. The molecule has 3 N–H and O–H groups in total. The highest BCUT2D eigenvalue weighted by Crippen LogP contribution is 2.31. The average molecular weight is 509 g/mol. The molecule has 2 aliphatic heterocycles. The lowest BCUT2D eigenvalue weighted by Gasteiger charge is -2.29. The van der Waals surface area contributed by atoms with Gasteiger partial charge in [0, 0.05) is 18.7 Å². The lowest BCUT2D eigenvalue weighted by molar-refractivity contribution is -0.138. The number of nitrogens with zero attached hydrogens (tertiary/aromatic N) is 2. The van der Waals surface area contributed by atoms with E-state index < -0.39 is 23.9 Å². The third-order valence-corrected chi connectivity index (χ3v) is 7.06. The fourth-order valence-electron chi connectivity index (χ4n) is 5.27. The van der Waals surface area contributed by atoms with E-state index >= 15 is 0 Å². The first-order chi connectivity index (χ1) is 17.7. The first-order valence-corrected chi connectivity index (χ1v) is 12.7. The quantitative estimate of drug-likeness (QED) is 0.567. The molecule has 196 valence electrons. The molecule has 8 nitrogen and oxygen atoms in total. The van der Waals surface area contributed by atoms with Gasteiger partial charge in [-0.15, -0.1) is 0 Å². The summed E-state index contributed by atoms with van der Waals surface area (Å²) in [6.07, 6.45) is 0.705. The highest BCUT2D eigenvalue weighted by atomic mass is 19.1. The highest BCUT2D eigenvalue weighted by molar-refractivity contribution is 6.01. The number of hydrogen-bond acceptors (Lipinski definition) is 5. The Balaban J connectivity index is 1.48. The Morgan fingerprint density at radius 2 is 1.86 bits per heavy atom. The van der Waals surface area contributed by atoms with Crippen LogP contribution < -0.4 is 11.1 Å². The first-order valence-electron chi connectivity index (χ1n) is 12.7. The van der Waals surface area contributed by atoms with E-state index in [2.05, 4.69) is 5.32 Å². The number of benzene rings is 2. The molecular weight excluding hydrogens is 475 g/mol. The average Bonchev–Trinajstić information content (AvgIpc) is 3.45. The maximum atomic E-state index is 14.1. The van der Waals surface area contributed by atoms with Gasteiger partial charge < -0.3 is 20.9 Å². The standard InChI is InChI=1S/C28H33FN4O4/c1-17(2)12-22(31-27(36)20-8-5-6-18(13-20)15-30)28(37)32-11-10-23-26(32)24(34)16-33(23)25(35)14-19-7-3-4-9-21(19)29/h3-9,13,17,22-23,26H,10-12,14-16,30H2,1-2H3,(H,31,36)/t22-,23+,26-/m0/s1. The van der Waals surface area contributed by atoms with Crippen LogP contribution in [0.3, 0.4) is 0 Å². The number of carbonyl (C=O) groups is 4. The van der Waals surface area contributed by atoms with Gasteiger partial charge in [0.1, 0.15) is 17.9 Å². The van der Waals surface area contributed by atoms with E-state index in [0.29, 0.717) is 31.5 Å². The Hall–Kier alpha value is -3.59. The molecule has 0 aliphatic carbocycles. The fourth-order valence-corrected chi connectivity index (χ4v) is 5.27. The largest absolute Gasteiger partial charge is 0.340 e. The third kappa shape index (κ3) is 5.72. The normalized spacial score (nSPS) is 19.8. The SMILES string of the molecule is CC(C)C[C@H](NC(=O)c1cccc(CN)c1)C(=O)N1CC[C@@H]2[C@H]1C(=O)CN2C(=O)Cc1ccccc1F. The predicted octanol–water partition coefficient (Wildman–Crippen LogP) is 2.05. The number of amides is 3. The van der Waals surface area contributed by atoms with Gasteiger partial charge in [-0.05, 0) is 48.1 Å². The second kappa shape index (κ2) is 11.2. The third-order valence-electron chi connectivity index (χ3n) is 7.06. The summed E-state index contributed by atoms with van der Waals surface area (Å²) in [4.78, 5) is 55.6. The fraction of sp³-hybridized carbons (Fsp3) is 0.429. The molecule has 0 aromatic heterocycles. The van der Waals surface area contributed by atoms with E-state index in [4.69, 9.17) is 5.73 Å². The van der Waals surface area contributed by atoms with Crippen LogP contribution in [0.2, 0.25) is 0 Å². The summed E-state index contributed by atoms with van der Waals surface area (Å²) in [6, 6.07) is 11.0. The summed E-state index contributed by atoms with van der Waals surface area (Å²) in [7, 11) is 0. The van der Waals surface area contributed by atoms with Crippen molar-refractivity contribution in [3.8, 4) is 0 Å². The summed E-state index contributed by atoms with van der Waals surface area (Å²) < 4.78 is 14.1. The van der Waals surface area contributed by atoms with Crippen molar-refractivity contribution in [1.82, 2.24) is 15.1 Å². The molecule has 2 heterocycles. The number of nitrogens with one attached hydrogen (secondary N) is 1. The molecule has 2 fully saturated rings. The van der Waals surface area contributed by atoms with Crippen LogP contribution in [0, 0.1) is 11.7 Å². The monoisotopic (exact) mass is 508 g/mol. The minimum Gasteiger partial charge on any atom is -0.340 e. The molecule has 0 bridgehead atoms. The second-order valence-electron chi connectivity index (χ2n) is 10.1. The van der Waals surface area contributed by atoms with E-state index in [1.54, 1.807) is 36.4 Å². The number of hydrogen-bond donors (Lipinski definition) is 2. The molecule has 0 unspecified atom stereocenters. The number of carbonyl (C=O) groups excluding carboxylic acids is 4. The Labute approximate surface area is 216 Å². The lowest BCUT2D eigenvalue weighted by Crippen LogP contribution is -2.53. The molecular formula is C28H33FN4O4. The molecule has 37 heavy (non-hydrogen) atoms. The summed E-state index contributed by atoms with van der Waals surface area (Å²) in [6.45, 7) is 4.40. The van der Waals surface area contributed by atoms with Crippen LogP contribution >= 0.6 is 0 Å². The number of fused-ring (bicyclic) bond motifs is 1. The summed E-state index contributed by atoms with van der Waals surface area (Å²) in [5, 5.41) is 2.86. The van der Waals surface area contributed by atoms with Gasteiger partial charge in [0.25, 0.3) is 5.91 Å². The molecule has 0 spiro atoms. The lowest BCUT2D eigenvalue weighted by atomic mass is 10.0. The predicted molar refractivity (Wildman–Crippen MR) is 136 cm³/mol. The van der Waals surface area contributed by atoms with Crippen molar-refractivity contribution in [2.45, 2.75) is 57.8 Å². The molecule has 2 aromatic rings. The van der Waals surface area contributed by atoms with Crippen LogP contribution in [-0.4, -0.2) is 64.5 Å². The molecule has 2 aliphatic rings. The van der Waals surface area contributed by atoms with Crippen molar-refractivity contribution in [3.63, 3.8) is 0 Å². The van der Waals surface area contributed by atoms with Gasteiger partial charge in [-0.3, -0.25) is 19.2 Å². The zero-order valence-electron chi connectivity index (χ0n) is 21.2. The Morgan fingerprint density at radius 1 is 1.11 bits per heavy atom. The first kappa shape index (κ1) is 26.5. The van der Waals surface area contributed by atoms with Crippen molar-refractivity contribution in [3.05, 3.63) is 71.0 Å². The molecule has 2 saturated heterocycles. The summed E-state index contributed by atoms with van der Waals surface area (Å²) in [5.41, 5.74) is 7.17. The van der Waals surface area contributed by atoms with Gasteiger partial charge in [0.05, 0.1) is 19.0 Å². The van der Waals surface area contributed by atoms with E-state index in [1.165, 1.54) is 15.9 Å². The van der Waals surface area contributed by atoms with Gasteiger partial charge >= 0.3 is 0 Å². The minimum absolute atomic E-state index is 0.112. The van der Waals surface area contributed by atoms with E-state index in [-0.39, 0.29) is 48.0 Å². The van der Waals surface area contributed by atoms with Gasteiger partial charge in [-0.2, -0.15) is 0 Å². The van der Waals surface area contributed by atoms with E-state index in [9.17, 15) is 23.6 Å². The van der Waals surface area contributed by atoms with Crippen LogP contribution in [0.25, 0.3) is 0 Å². The van der Waals surface area contributed by atoms with Crippen LogP contribution in [-0.2, 0) is 27.3 Å². The van der Waals surface area contributed by atoms with Gasteiger partial charge in [0.15, 0.2) is 5.78 Å². The summed E-state index contributed by atoms with van der Waals surface area (Å²) >= 11 is 0. The van der Waals surface area contributed by atoms with E-state index in [0.717, 1.165) is 5.56 Å². The van der Waals surface area contributed by atoms with Gasteiger partial charge in [-0.1, -0.05) is 44.2 Å². The molecule has 3 atom stereocenters. The minimum atomic E-state index is -0.816. The number of halogens is 1. The maximum Gasteiger partial charge on any atom is 0.251 e. The Kier molecular flexibility index (Phi) is 8.02. The van der Waals surface area contributed by atoms with Crippen molar-refractivity contribution < 1.29 is 23.6 Å². The Bertz CT molecular complexity index is 1200. The van der Waals surface area contributed by atoms with Crippen LogP contribution in [0.1, 0.15) is 48.2 Å². The topological polar surface area (TPSA) is 113 Å². The second-order valence-corrected chi connectivity index (χ2v) is 10.1. The van der Waals surface area contributed by atoms with Crippen LogP contribution in [0.15, 0.2) is 48.5 Å². The highest BCUT2D eigenvalue weighted by Gasteiger charge is 2.52. The van der Waals surface area contributed by atoms with Crippen molar-refractivity contribution >= 4 is 23.5 Å². The number of likely N-dealkylation sites (tertiary alicyclic amines) is 2. The molecule has 0 radical (unpaired) electrons. The number of rotatable bonds is 8.